The number of aromatic nitrogens is 4. The van der Waals surface area contributed by atoms with Gasteiger partial charge in [0.25, 0.3) is 0 Å². The first kappa shape index (κ1) is 20.2. The first-order valence-corrected chi connectivity index (χ1v) is 10.1. The number of Topliss-reactive ketones (excluding diaryl/α,β-unsaturated/α-hetero) is 1. The molecule has 0 aliphatic carbocycles. The molecule has 0 saturated carbocycles. The molecule has 8 heteroatoms. The summed E-state index contributed by atoms with van der Waals surface area (Å²) in [5.74, 6) is 0.229. The fourth-order valence-electron chi connectivity index (χ4n) is 3.20. The molecule has 148 valence electrons. The number of carbonyl (C=O) groups excluding carboxylic acids is 1. The molecule has 0 spiro atoms. The van der Waals surface area contributed by atoms with Crippen LogP contribution in [0.25, 0.3) is 5.69 Å². The highest BCUT2D eigenvalue weighted by Crippen LogP contribution is 2.23. The van der Waals surface area contributed by atoms with Gasteiger partial charge >= 0.3 is 5.69 Å². The van der Waals surface area contributed by atoms with Crippen LogP contribution in [0.3, 0.4) is 0 Å². The molecule has 1 aromatic carbocycles. The SMILES string of the molecule is COCCCn1c(SCC(=O)c2cc(C)n(-c3ccccc3)c2C)n[nH]c1=O. The van der Waals surface area contributed by atoms with Gasteiger partial charge in [-0.05, 0) is 38.5 Å². The number of carbonyl (C=O) groups is 1. The van der Waals surface area contributed by atoms with Crippen LogP contribution in [0, 0.1) is 13.8 Å². The summed E-state index contributed by atoms with van der Waals surface area (Å²) in [5.41, 5.74) is 3.37. The van der Waals surface area contributed by atoms with Gasteiger partial charge in [-0.25, -0.2) is 9.89 Å². The molecular formula is C20H24N4O3S. The normalized spacial score (nSPS) is 11.1. The van der Waals surface area contributed by atoms with E-state index in [0.29, 0.717) is 30.3 Å². The molecule has 3 rings (SSSR count). The van der Waals surface area contributed by atoms with Crippen molar-refractivity contribution in [2.45, 2.75) is 32.0 Å². The van der Waals surface area contributed by atoms with Crippen LogP contribution in [-0.4, -0.2) is 44.6 Å². The number of benzene rings is 1. The van der Waals surface area contributed by atoms with Crippen molar-refractivity contribution >= 4 is 17.5 Å². The van der Waals surface area contributed by atoms with Gasteiger partial charge in [0.2, 0.25) is 0 Å². The molecular weight excluding hydrogens is 376 g/mol. The van der Waals surface area contributed by atoms with Crippen LogP contribution in [0.15, 0.2) is 46.3 Å². The molecule has 0 amide bonds. The van der Waals surface area contributed by atoms with E-state index in [9.17, 15) is 9.59 Å². The Morgan fingerprint density at radius 2 is 2.00 bits per heavy atom. The van der Waals surface area contributed by atoms with Crippen molar-refractivity contribution in [3.8, 4) is 5.69 Å². The molecule has 2 aromatic heterocycles. The van der Waals surface area contributed by atoms with E-state index >= 15 is 0 Å². The van der Waals surface area contributed by atoms with Crippen LogP contribution in [0.5, 0.6) is 0 Å². The Labute approximate surface area is 167 Å². The summed E-state index contributed by atoms with van der Waals surface area (Å²) in [7, 11) is 1.62. The Hall–Kier alpha value is -2.58. The van der Waals surface area contributed by atoms with E-state index in [1.165, 1.54) is 11.8 Å². The number of ketones is 1. The zero-order chi connectivity index (χ0) is 20.1. The van der Waals surface area contributed by atoms with Gasteiger partial charge < -0.3 is 9.30 Å². The summed E-state index contributed by atoms with van der Waals surface area (Å²) in [4.78, 5) is 24.7. The molecule has 0 atom stereocenters. The Morgan fingerprint density at radius 3 is 2.71 bits per heavy atom. The predicted octanol–water partition coefficient (Wildman–Crippen LogP) is 2.99. The van der Waals surface area contributed by atoms with E-state index in [1.807, 2.05) is 50.2 Å². The summed E-state index contributed by atoms with van der Waals surface area (Å²) >= 11 is 1.27. The Balaban J connectivity index is 1.74. The van der Waals surface area contributed by atoms with Gasteiger partial charge in [0, 0.05) is 42.9 Å². The second-order valence-corrected chi connectivity index (χ2v) is 7.42. The minimum atomic E-state index is -0.270. The second-order valence-electron chi connectivity index (χ2n) is 6.48. The van der Waals surface area contributed by atoms with Gasteiger partial charge in [-0.3, -0.25) is 9.36 Å². The molecule has 1 N–H and O–H groups in total. The van der Waals surface area contributed by atoms with Crippen molar-refractivity contribution in [1.82, 2.24) is 19.3 Å². The lowest BCUT2D eigenvalue weighted by Gasteiger charge is -2.09. The fourth-order valence-corrected chi connectivity index (χ4v) is 4.06. The fraction of sp³-hybridized carbons (Fsp3) is 0.350. The number of aryl methyl sites for hydroxylation is 1. The molecule has 3 aromatic rings. The van der Waals surface area contributed by atoms with Crippen LogP contribution in [0.4, 0.5) is 0 Å². The standard InChI is InChI=1S/C20H24N4O3S/c1-14-12-17(15(2)24(14)16-8-5-4-6-9-16)18(25)13-28-20-22-21-19(26)23(20)10-7-11-27-3/h4-6,8-9,12H,7,10-11,13H2,1-3H3,(H,21,26). The van der Waals surface area contributed by atoms with Crippen LogP contribution in [-0.2, 0) is 11.3 Å². The van der Waals surface area contributed by atoms with Gasteiger partial charge in [0.15, 0.2) is 10.9 Å². The highest BCUT2D eigenvalue weighted by molar-refractivity contribution is 7.99. The third-order valence-corrected chi connectivity index (χ3v) is 5.51. The lowest BCUT2D eigenvalue weighted by molar-refractivity contribution is 0.102. The molecule has 0 aliphatic rings. The van der Waals surface area contributed by atoms with Crippen LogP contribution in [0.1, 0.15) is 28.2 Å². The van der Waals surface area contributed by atoms with Gasteiger partial charge in [-0.15, -0.1) is 5.10 Å². The predicted molar refractivity (Wildman–Crippen MR) is 110 cm³/mol. The van der Waals surface area contributed by atoms with Crippen LogP contribution in [0.2, 0.25) is 0 Å². The van der Waals surface area contributed by atoms with Crippen molar-refractivity contribution in [1.29, 1.82) is 0 Å². The quantitative estimate of drug-likeness (QED) is 0.339. The van der Waals surface area contributed by atoms with E-state index < -0.39 is 0 Å². The molecule has 0 radical (unpaired) electrons. The minimum absolute atomic E-state index is 0.0131. The maximum atomic E-state index is 12.8. The molecule has 0 unspecified atom stereocenters. The Bertz CT molecular complexity index is 1000. The van der Waals surface area contributed by atoms with E-state index in [0.717, 1.165) is 17.1 Å². The number of methoxy groups -OCH3 is 1. The smallest absolute Gasteiger partial charge is 0.343 e. The largest absolute Gasteiger partial charge is 0.385 e. The summed E-state index contributed by atoms with van der Waals surface area (Å²) in [6.07, 6.45) is 0.704. The summed E-state index contributed by atoms with van der Waals surface area (Å²) in [6, 6.07) is 11.9. The number of para-hydroxylation sites is 1. The van der Waals surface area contributed by atoms with Crippen molar-refractivity contribution < 1.29 is 9.53 Å². The number of H-pyrrole nitrogens is 1. The number of nitrogens with one attached hydrogen (secondary N) is 1. The van der Waals surface area contributed by atoms with Gasteiger partial charge in [-0.2, -0.15) is 0 Å². The van der Waals surface area contributed by atoms with Crippen molar-refractivity contribution in [2.24, 2.45) is 0 Å². The number of aromatic amines is 1. The lowest BCUT2D eigenvalue weighted by Crippen LogP contribution is -2.18. The molecule has 0 fully saturated rings. The highest BCUT2D eigenvalue weighted by atomic mass is 32.2. The molecule has 2 heterocycles. The molecule has 0 aliphatic heterocycles. The Morgan fingerprint density at radius 1 is 1.25 bits per heavy atom. The third kappa shape index (κ3) is 4.28. The number of hydrogen-bond donors (Lipinski definition) is 1. The van der Waals surface area contributed by atoms with E-state index in [2.05, 4.69) is 14.8 Å². The van der Waals surface area contributed by atoms with Crippen LogP contribution >= 0.6 is 11.8 Å². The Kier molecular flexibility index (Phi) is 6.53. The van der Waals surface area contributed by atoms with Gasteiger partial charge in [0.05, 0.1) is 5.75 Å². The number of rotatable bonds is 9. The first-order chi connectivity index (χ1) is 13.5. The van der Waals surface area contributed by atoms with Crippen molar-refractivity contribution in [2.75, 3.05) is 19.5 Å². The van der Waals surface area contributed by atoms with Crippen LogP contribution < -0.4 is 5.69 Å². The second kappa shape index (κ2) is 9.07. The highest BCUT2D eigenvalue weighted by Gasteiger charge is 2.18. The zero-order valence-corrected chi connectivity index (χ0v) is 17.1. The monoisotopic (exact) mass is 400 g/mol. The molecule has 28 heavy (non-hydrogen) atoms. The lowest BCUT2D eigenvalue weighted by atomic mass is 10.2. The summed E-state index contributed by atoms with van der Waals surface area (Å²) < 4.78 is 8.65. The van der Waals surface area contributed by atoms with E-state index in [-0.39, 0.29) is 17.2 Å². The average molecular weight is 401 g/mol. The zero-order valence-electron chi connectivity index (χ0n) is 16.3. The maximum Gasteiger partial charge on any atom is 0.343 e. The third-order valence-electron chi connectivity index (χ3n) is 4.53. The first-order valence-electron chi connectivity index (χ1n) is 9.07. The van der Waals surface area contributed by atoms with Crippen molar-refractivity contribution in [3.63, 3.8) is 0 Å². The topological polar surface area (TPSA) is 81.9 Å². The number of nitrogens with zero attached hydrogens (tertiary/aromatic N) is 3. The maximum absolute atomic E-state index is 12.8. The summed E-state index contributed by atoms with van der Waals surface area (Å²) in [6.45, 7) is 5.01. The van der Waals surface area contributed by atoms with Gasteiger partial charge in [-0.1, -0.05) is 30.0 Å². The number of thioether (sulfide) groups is 1. The average Bonchev–Trinajstić information content (AvgIpc) is 3.20. The number of hydrogen-bond acceptors (Lipinski definition) is 5. The van der Waals surface area contributed by atoms with Crippen molar-refractivity contribution in [3.05, 3.63) is 63.8 Å². The molecule has 7 nitrogen and oxygen atoms in total. The number of ether oxygens (including phenoxy) is 1. The molecule has 0 saturated heterocycles. The van der Waals surface area contributed by atoms with E-state index in [4.69, 9.17) is 4.74 Å². The molecule has 0 bridgehead atoms. The van der Waals surface area contributed by atoms with Gasteiger partial charge in [0.1, 0.15) is 0 Å². The van der Waals surface area contributed by atoms with E-state index in [1.54, 1.807) is 11.7 Å². The summed E-state index contributed by atoms with van der Waals surface area (Å²) in [5, 5.41) is 7.02. The minimum Gasteiger partial charge on any atom is -0.385 e.